The minimum absolute atomic E-state index is 0.0868. The summed E-state index contributed by atoms with van der Waals surface area (Å²) in [6, 6.07) is 0. The molecule has 0 aliphatic heterocycles. The monoisotopic (exact) mass is 191 g/mol. The third-order valence-corrected chi connectivity index (χ3v) is 2.31. The molecule has 0 saturated carbocycles. The Morgan fingerprint density at radius 2 is 2.55 bits per heavy atom. The topological polar surface area (TPSA) is 50.2 Å². The summed E-state index contributed by atoms with van der Waals surface area (Å²) < 4.78 is 0.589. The highest BCUT2D eigenvalue weighted by molar-refractivity contribution is 7.14. The summed E-state index contributed by atoms with van der Waals surface area (Å²) in [5.74, 6) is -0.825. The van der Waals surface area contributed by atoms with E-state index in [0.29, 0.717) is 16.5 Å². The Labute approximate surface area is 72.6 Å². The SMILES string of the molecule is O=C(O)CCc1ncsc1Cl. The minimum atomic E-state index is -0.825. The van der Waals surface area contributed by atoms with Gasteiger partial charge in [-0.25, -0.2) is 4.98 Å². The van der Waals surface area contributed by atoms with Crippen molar-refractivity contribution >= 4 is 28.9 Å². The van der Waals surface area contributed by atoms with E-state index in [4.69, 9.17) is 16.7 Å². The summed E-state index contributed by atoms with van der Waals surface area (Å²) in [5, 5.41) is 8.34. The molecule has 1 rings (SSSR count). The van der Waals surface area contributed by atoms with Crippen molar-refractivity contribution in [2.75, 3.05) is 0 Å². The number of hydrogen-bond acceptors (Lipinski definition) is 3. The van der Waals surface area contributed by atoms with E-state index >= 15 is 0 Å². The van der Waals surface area contributed by atoms with Gasteiger partial charge in [0.1, 0.15) is 4.34 Å². The van der Waals surface area contributed by atoms with Gasteiger partial charge in [-0.2, -0.15) is 0 Å². The molecular weight excluding hydrogens is 186 g/mol. The van der Waals surface area contributed by atoms with Crippen LogP contribution in [0.2, 0.25) is 4.34 Å². The molecule has 1 heterocycles. The summed E-state index contributed by atoms with van der Waals surface area (Å²) in [6.45, 7) is 0. The van der Waals surface area contributed by atoms with Crippen LogP contribution in [0.3, 0.4) is 0 Å². The van der Waals surface area contributed by atoms with Crippen LogP contribution in [-0.4, -0.2) is 16.1 Å². The van der Waals surface area contributed by atoms with Crippen LogP contribution in [0.1, 0.15) is 12.1 Å². The first-order chi connectivity index (χ1) is 5.20. The maximum absolute atomic E-state index is 10.1. The van der Waals surface area contributed by atoms with Gasteiger partial charge in [0, 0.05) is 6.42 Å². The highest BCUT2D eigenvalue weighted by Gasteiger charge is 2.05. The lowest BCUT2D eigenvalue weighted by Gasteiger charge is -1.91. The average Bonchev–Trinajstić information content (AvgIpc) is 2.31. The Hall–Kier alpha value is -0.610. The Morgan fingerprint density at radius 1 is 1.82 bits per heavy atom. The Kier molecular flexibility index (Phi) is 2.84. The van der Waals surface area contributed by atoms with Gasteiger partial charge in [0.05, 0.1) is 17.6 Å². The first-order valence-electron chi connectivity index (χ1n) is 3.00. The molecule has 0 radical (unpaired) electrons. The molecule has 0 spiro atoms. The maximum atomic E-state index is 10.1. The number of halogens is 1. The van der Waals surface area contributed by atoms with E-state index < -0.39 is 5.97 Å². The molecule has 0 aromatic carbocycles. The zero-order chi connectivity index (χ0) is 8.27. The van der Waals surface area contributed by atoms with E-state index in [0.717, 1.165) is 0 Å². The molecule has 0 amide bonds. The van der Waals surface area contributed by atoms with E-state index in [1.807, 2.05) is 0 Å². The molecule has 1 N–H and O–H groups in total. The highest BCUT2D eigenvalue weighted by atomic mass is 35.5. The largest absolute Gasteiger partial charge is 0.481 e. The second-order valence-electron chi connectivity index (χ2n) is 1.97. The van der Waals surface area contributed by atoms with Gasteiger partial charge in [0.15, 0.2) is 0 Å². The fourth-order valence-electron chi connectivity index (χ4n) is 0.643. The Balaban J connectivity index is 2.51. The van der Waals surface area contributed by atoms with Gasteiger partial charge in [0.2, 0.25) is 0 Å². The normalized spacial score (nSPS) is 9.91. The van der Waals surface area contributed by atoms with Gasteiger partial charge in [-0.15, -0.1) is 11.3 Å². The molecule has 60 valence electrons. The fraction of sp³-hybridized carbons (Fsp3) is 0.333. The number of thiazole rings is 1. The molecule has 0 atom stereocenters. The zero-order valence-electron chi connectivity index (χ0n) is 5.58. The second-order valence-corrected chi connectivity index (χ2v) is 3.42. The third-order valence-electron chi connectivity index (χ3n) is 1.17. The summed E-state index contributed by atoms with van der Waals surface area (Å²) in [4.78, 5) is 14.0. The quantitative estimate of drug-likeness (QED) is 0.793. The lowest BCUT2D eigenvalue weighted by molar-refractivity contribution is -0.136. The van der Waals surface area contributed by atoms with Gasteiger partial charge < -0.3 is 5.11 Å². The molecule has 0 aliphatic rings. The molecule has 0 aliphatic carbocycles. The van der Waals surface area contributed by atoms with Crippen molar-refractivity contribution in [1.29, 1.82) is 0 Å². The highest BCUT2D eigenvalue weighted by Crippen LogP contribution is 2.20. The number of carboxylic acids is 1. The number of carbonyl (C=O) groups is 1. The lowest BCUT2D eigenvalue weighted by atomic mass is 10.2. The molecule has 1 aromatic heterocycles. The van der Waals surface area contributed by atoms with Gasteiger partial charge >= 0.3 is 5.97 Å². The number of aryl methyl sites for hydroxylation is 1. The smallest absolute Gasteiger partial charge is 0.303 e. The van der Waals surface area contributed by atoms with Crippen LogP contribution in [0.15, 0.2) is 5.51 Å². The summed E-state index contributed by atoms with van der Waals surface area (Å²) >= 11 is 7.00. The Bertz CT molecular complexity index is 261. The lowest BCUT2D eigenvalue weighted by Crippen LogP contribution is -1.97. The van der Waals surface area contributed by atoms with Crippen LogP contribution in [-0.2, 0) is 11.2 Å². The summed E-state index contributed by atoms with van der Waals surface area (Å²) in [7, 11) is 0. The third kappa shape index (κ3) is 2.48. The van der Waals surface area contributed by atoms with Crippen LogP contribution in [0, 0.1) is 0 Å². The van der Waals surface area contributed by atoms with E-state index in [-0.39, 0.29) is 6.42 Å². The van der Waals surface area contributed by atoms with Crippen LogP contribution in [0.25, 0.3) is 0 Å². The number of aromatic nitrogens is 1. The molecular formula is C6H6ClNO2S. The van der Waals surface area contributed by atoms with E-state index in [9.17, 15) is 4.79 Å². The van der Waals surface area contributed by atoms with Crippen LogP contribution in [0.5, 0.6) is 0 Å². The first-order valence-corrected chi connectivity index (χ1v) is 4.25. The predicted octanol–water partition coefficient (Wildman–Crippen LogP) is 1.81. The van der Waals surface area contributed by atoms with Crippen molar-refractivity contribution in [1.82, 2.24) is 4.98 Å². The molecule has 5 heteroatoms. The number of rotatable bonds is 3. The maximum Gasteiger partial charge on any atom is 0.303 e. The van der Waals surface area contributed by atoms with Crippen LogP contribution < -0.4 is 0 Å². The summed E-state index contributed by atoms with van der Waals surface area (Å²) in [5.41, 5.74) is 2.29. The van der Waals surface area contributed by atoms with E-state index in [1.54, 1.807) is 5.51 Å². The number of nitrogens with zero attached hydrogens (tertiary/aromatic N) is 1. The molecule has 3 nitrogen and oxygen atoms in total. The van der Waals surface area contributed by atoms with Crippen LogP contribution >= 0.6 is 22.9 Å². The van der Waals surface area contributed by atoms with Crippen molar-refractivity contribution in [2.45, 2.75) is 12.8 Å². The zero-order valence-corrected chi connectivity index (χ0v) is 7.15. The molecule has 1 aromatic rings. The van der Waals surface area contributed by atoms with Crippen molar-refractivity contribution in [2.24, 2.45) is 0 Å². The minimum Gasteiger partial charge on any atom is -0.481 e. The van der Waals surface area contributed by atoms with Crippen LogP contribution in [0.4, 0.5) is 0 Å². The van der Waals surface area contributed by atoms with Crippen molar-refractivity contribution in [3.8, 4) is 0 Å². The molecule has 0 saturated heterocycles. The van der Waals surface area contributed by atoms with Crippen molar-refractivity contribution in [3.63, 3.8) is 0 Å². The molecule has 0 fully saturated rings. The first kappa shape index (κ1) is 8.49. The molecule has 0 bridgehead atoms. The van der Waals surface area contributed by atoms with Gasteiger partial charge in [-0.05, 0) is 0 Å². The molecule has 0 unspecified atom stereocenters. The predicted molar refractivity (Wildman–Crippen MR) is 43.1 cm³/mol. The average molecular weight is 192 g/mol. The van der Waals surface area contributed by atoms with Gasteiger partial charge in [0.25, 0.3) is 0 Å². The summed E-state index contributed by atoms with van der Waals surface area (Å²) in [6.07, 6.45) is 0.501. The fourth-order valence-corrected chi connectivity index (χ4v) is 1.47. The number of carboxylic acid groups (broad SMARTS) is 1. The number of aliphatic carboxylic acids is 1. The van der Waals surface area contributed by atoms with E-state index in [1.165, 1.54) is 11.3 Å². The molecule has 11 heavy (non-hydrogen) atoms. The standard InChI is InChI=1S/C6H6ClNO2S/c7-6-4(8-3-11-6)1-2-5(9)10/h3H,1-2H2,(H,9,10). The number of hydrogen-bond donors (Lipinski definition) is 1. The van der Waals surface area contributed by atoms with Crippen molar-refractivity contribution < 1.29 is 9.90 Å². The van der Waals surface area contributed by atoms with Gasteiger partial charge in [-0.1, -0.05) is 11.6 Å². The second kappa shape index (κ2) is 3.69. The van der Waals surface area contributed by atoms with Crippen molar-refractivity contribution in [3.05, 3.63) is 15.5 Å². The van der Waals surface area contributed by atoms with Gasteiger partial charge in [-0.3, -0.25) is 4.79 Å². The Morgan fingerprint density at radius 3 is 3.00 bits per heavy atom. The van der Waals surface area contributed by atoms with E-state index in [2.05, 4.69) is 4.98 Å².